The van der Waals surface area contributed by atoms with Crippen LogP contribution in [0.3, 0.4) is 0 Å². The Labute approximate surface area is 147 Å². The Balaban J connectivity index is 1.79. The van der Waals surface area contributed by atoms with Gasteiger partial charge in [0.05, 0.1) is 12.0 Å². The average Bonchev–Trinajstić information content (AvgIpc) is 3.00. The zero-order valence-electron chi connectivity index (χ0n) is 15.1. The zero-order chi connectivity index (χ0) is 18.0. The van der Waals surface area contributed by atoms with Crippen LogP contribution in [0.5, 0.6) is 5.88 Å². The number of nitrogens with zero attached hydrogens (tertiary/aromatic N) is 4. The number of rotatable bonds is 4. The zero-order valence-corrected chi connectivity index (χ0v) is 15.1. The van der Waals surface area contributed by atoms with Gasteiger partial charge in [-0.1, -0.05) is 0 Å². The fraction of sp³-hybridized carbons (Fsp3) is 0.556. The molecule has 3 heterocycles. The van der Waals surface area contributed by atoms with Crippen LogP contribution in [-0.4, -0.2) is 44.7 Å². The summed E-state index contributed by atoms with van der Waals surface area (Å²) in [6.45, 7) is 8.39. The molecule has 0 radical (unpaired) electrons. The molecule has 7 heteroatoms. The van der Waals surface area contributed by atoms with Gasteiger partial charge in [-0.05, 0) is 39.7 Å². The largest absolute Gasteiger partial charge is 0.475 e. The maximum Gasteiger partial charge on any atom is 0.254 e. The fourth-order valence-electron chi connectivity index (χ4n) is 3.24. The van der Waals surface area contributed by atoms with Crippen LogP contribution in [0.2, 0.25) is 0 Å². The maximum absolute atomic E-state index is 13.0. The lowest BCUT2D eigenvalue weighted by atomic mass is 9.89. The normalized spacial score (nSPS) is 20.8. The minimum atomic E-state index is -0.0237. The Morgan fingerprint density at radius 1 is 1.40 bits per heavy atom. The third-order valence-electron chi connectivity index (χ3n) is 4.45. The van der Waals surface area contributed by atoms with Crippen LogP contribution < -0.4 is 4.74 Å². The summed E-state index contributed by atoms with van der Waals surface area (Å²) in [5.74, 6) is 1.67. The lowest BCUT2D eigenvalue weighted by Crippen LogP contribution is -2.46. The topological polar surface area (TPSA) is 81.4 Å². The van der Waals surface area contributed by atoms with Crippen LogP contribution in [0.15, 0.2) is 22.7 Å². The van der Waals surface area contributed by atoms with Crippen molar-refractivity contribution in [2.24, 2.45) is 0 Å². The number of piperidine rings is 1. The summed E-state index contributed by atoms with van der Waals surface area (Å²) in [5, 5.41) is 8.07. The van der Waals surface area contributed by atoms with Crippen molar-refractivity contribution in [2.75, 3.05) is 6.54 Å². The number of carbonyl (C=O) groups excluding carboxylic acids is 1. The molecule has 1 aliphatic heterocycles. The molecular formula is C18H24N4O3. The molecule has 1 amide bonds. The molecule has 0 spiro atoms. The SMILES string of the molecule is Cc1nnc([C@H]2CCCN(C(=O)c3ccnc(OC(C)C)c3)[C@H]2C)o1. The van der Waals surface area contributed by atoms with Gasteiger partial charge >= 0.3 is 0 Å². The Morgan fingerprint density at radius 2 is 2.20 bits per heavy atom. The average molecular weight is 344 g/mol. The highest BCUT2D eigenvalue weighted by Crippen LogP contribution is 2.32. The van der Waals surface area contributed by atoms with Crippen molar-refractivity contribution in [3.05, 3.63) is 35.7 Å². The molecule has 2 atom stereocenters. The molecule has 1 fully saturated rings. The summed E-state index contributed by atoms with van der Waals surface area (Å²) < 4.78 is 11.2. The lowest BCUT2D eigenvalue weighted by molar-refractivity contribution is 0.0581. The maximum atomic E-state index is 13.0. The monoisotopic (exact) mass is 344 g/mol. The van der Waals surface area contributed by atoms with Gasteiger partial charge in [0.25, 0.3) is 5.91 Å². The van der Waals surface area contributed by atoms with Gasteiger partial charge in [-0.2, -0.15) is 0 Å². The number of pyridine rings is 1. The van der Waals surface area contributed by atoms with Gasteiger partial charge in [-0.25, -0.2) is 4.98 Å². The summed E-state index contributed by atoms with van der Waals surface area (Å²) in [6.07, 6.45) is 3.46. The highest BCUT2D eigenvalue weighted by Gasteiger charge is 2.35. The molecule has 134 valence electrons. The van der Waals surface area contributed by atoms with E-state index >= 15 is 0 Å². The lowest BCUT2D eigenvalue weighted by Gasteiger charge is -2.38. The van der Waals surface area contributed by atoms with Crippen molar-refractivity contribution in [2.45, 2.75) is 58.6 Å². The second-order valence-electron chi connectivity index (χ2n) is 6.70. The molecule has 0 saturated carbocycles. The molecule has 0 unspecified atom stereocenters. The van der Waals surface area contributed by atoms with E-state index in [9.17, 15) is 4.79 Å². The van der Waals surface area contributed by atoms with E-state index in [4.69, 9.17) is 9.15 Å². The van der Waals surface area contributed by atoms with E-state index in [1.807, 2.05) is 25.7 Å². The Kier molecular flexibility index (Phi) is 5.01. The first-order valence-corrected chi connectivity index (χ1v) is 8.69. The second kappa shape index (κ2) is 7.21. The number of amides is 1. The molecule has 2 aromatic heterocycles. The molecule has 7 nitrogen and oxygen atoms in total. The van der Waals surface area contributed by atoms with Gasteiger partial charge in [-0.15, -0.1) is 10.2 Å². The number of likely N-dealkylation sites (tertiary alicyclic amines) is 1. The molecule has 0 aromatic carbocycles. The van der Waals surface area contributed by atoms with Crippen molar-refractivity contribution < 1.29 is 13.9 Å². The number of carbonyl (C=O) groups is 1. The molecular weight excluding hydrogens is 320 g/mol. The number of hydrogen-bond donors (Lipinski definition) is 0. The van der Waals surface area contributed by atoms with Crippen molar-refractivity contribution >= 4 is 5.91 Å². The number of ether oxygens (including phenoxy) is 1. The summed E-state index contributed by atoms with van der Waals surface area (Å²) in [6, 6.07) is 3.42. The van der Waals surface area contributed by atoms with Crippen LogP contribution in [0, 0.1) is 6.92 Å². The van der Waals surface area contributed by atoms with Crippen LogP contribution in [-0.2, 0) is 0 Å². The Morgan fingerprint density at radius 3 is 2.88 bits per heavy atom. The third-order valence-corrected chi connectivity index (χ3v) is 4.45. The summed E-state index contributed by atoms with van der Waals surface area (Å²) in [5.41, 5.74) is 0.583. The predicted octanol–water partition coefficient (Wildman–Crippen LogP) is 2.97. The quantitative estimate of drug-likeness (QED) is 0.848. The van der Waals surface area contributed by atoms with Gasteiger partial charge < -0.3 is 14.1 Å². The minimum Gasteiger partial charge on any atom is -0.475 e. The minimum absolute atomic E-state index is 0.0104. The van der Waals surface area contributed by atoms with Crippen molar-refractivity contribution in [3.63, 3.8) is 0 Å². The van der Waals surface area contributed by atoms with Gasteiger partial charge in [0.1, 0.15) is 0 Å². The number of hydrogen-bond acceptors (Lipinski definition) is 6. The van der Waals surface area contributed by atoms with E-state index in [0.29, 0.717) is 29.8 Å². The highest BCUT2D eigenvalue weighted by atomic mass is 16.5. The molecule has 0 bridgehead atoms. The molecule has 1 aliphatic rings. The van der Waals surface area contributed by atoms with Crippen LogP contribution in [0.1, 0.15) is 61.7 Å². The van der Waals surface area contributed by atoms with Crippen molar-refractivity contribution in [3.8, 4) is 5.88 Å². The predicted molar refractivity (Wildman–Crippen MR) is 91.5 cm³/mol. The van der Waals surface area contributed by atoms with Crippen molar-refractivity contribution in [1.29, 1.82) is 0 Å². The van der Waals surface area contributed by atoms with Gasteiger partial charge in [0.15, 0.2) is 0 Å². The first-order valence-electron chi connectivity index (χ1n) is 8.69. The summed E-state index contributed by atoms with van der Waals surface area (Å²) in [7, 11) is 0. The smallest absolute Gasteiger partial charge is 0.254 e. The van der Waals surface area contributed by atoms with Gasteiger partial charge in [0, 0.05) is 37.3 Å². The van der Waals surface area contributed by atoms with E-state index in [1.165, 1.54) is 0 Å². The fourth-order valence-corrected chi connectivity index (χ4v) is 3.24. The van der Waals surface area contributed by atoms with E-state index in [0.717, 1.165) is 12.8 Å². The standard InChI is InChI=1S/C18H24N4O3/c1-11(2)24-16-10-14(7-8-19-16)18(23)22-9-5-6-15(12(22)3)17-21-20-13(4)25-17/h7-8,10-12,15H,5-6,9H2,1-4H3/t12-,15-/m0/s1. The second-order valence-corrected chi connectivity index (χ2v) is 6.70. The van der Waals surface area contributed by atoms with E-state index < -0.39 is 0 Å². The molecule has 0 N–H and O–H groups in total. The molecule has 0 aliphatic carbocycles. The highest BCUT2D eigenvalue weighted by molar-refractivity contribution is 5.94. The molecule has 2 aromatic rings. The Hall–Kier alpha value is -2.44. The molecule has 25 heavy (non-hydrogen) atoms. The molecule has 1 saturated heterocycles. The third kappa shape index (κ3) is 3.81. The first-order chi connectivity index (χ1) is 12.0. The van der Waals surface area contributed by atoms with Crippen LogP contribution >= 0.6 is 0 Å². The van der Waals surface area contributed by atoms with Gasteiger partial charge in [-0.3, -0.25) is 4.79 Å². The Bertz CT molecular complexity index is 743. The molecule has 3 rings (SSSR count). The van der Waals surface area contributed by atoms with Crippen LogP contribution in [0.25, 0.3) is 0 Å². The van der Waals surface area contributed by atoms with E-state index in [1.54, 1.807) is 25.3 Å². The summed E-state index contributed by atoms with van der Waals surface area (Å²) in [4.78, 5) is 19.0. The van der Waals surface area contributed by atoms with E-state index in [2.05, 4.69) is 15.2 Å². The van der Waals surface area contributed by atoms with Crippen molar-refractivity contribution in [1.82, 2.24) is 20.1 Å². The van der Waals surface area contributed by atoms with Crippen LogP contribution in [0.4, 0.5) is 0 Å². The number of aryl methyl sites for hydroxylation is 1. The first kappa shape index (κ1) is 17.4. The number of aromatic nitrogens is 3. The van der Waals surface area contributed by atoms with E-state index in [-0.39, 0.29) is 24.0 Å². The summed E-state index contributed by atoms with van der Waals surface area (Å²) >= 11 is 0. The van der Waals surface area contributed by atoms with Gasteiger partial charge in [0.2, 0.25) is 17.7 Å².